The van der Waals surface area contributed by atoms with Crippen LogP contribution in [0.25, 0.3) is 0 Å². The third-order valence-electron chi connectivity index (χ3n) is 19.2. The summed E-state index contributed by atoms with van der Waals surface area (Å²) < 4.78 is 113. The molecule has 3 heterocycles. The van der Waals surface area contributed by atoms with Gasteiger partial charge in [0.1, 0.15) is 0 Å². The molecule has 9 atom stereocenters. The largest absolute Gasteiger partial charge is 0.453 e. The molecule has 6 aliphatic rings. The summed E-state index contributed by atoms with van der Waals surface area (Å²) in [7, 11) is -6.11. The standard InChI is InChI=1S/3C22H34N2O5S/c3*1-4-18-14-20(23-30(3,26)27)21(24(18)22(25)28-2)15-29-19-12-10-17(11-13-19)16-8-6-5-7-9-16/h3*5-9,17-21,23H,4,10-15H2,1-3H3/t3*17?,18-,19?,20+,21+/m110/s1. The number of nitrogens with zero attached hydrogens (tertiary/aromatic N) is 3. The molecule has 0 unspecified atom stereocenters. The summed E-state index contributed by atoms with van der Waals surface area (Å²) in [5.41, 5.74) is 4.14. The molecule has 504 valence electrons. The minimum absolute atomic E-state index is 0.0703. The van der Waals surface area contributed by atoms with Crippen molar-refractivity contribution in [3.05, 3.63) is 108 Å². The van der Waals surface area contributed by atoms with Crippen LogP contribution in [0.1, 0.15) is 171 Å². The minimum atomic E-state index is -3.39. The molecule has 3 aliphatic carbocycles. The molecule has 6 fully saturated rings. The molecule has 0 bridgehead atoms. The van der Waals surface area contributed by atoms with Crippen molar-refractivity contribution in [2.45, 2.75) is 227 Å². The predicted molar refractivity (Wildman–Crippen MR) is 348 cm³/mol. The third-order valence-corrected chi connectivity index (χ3v) is 21.4. The normalized spacial score (nSPS) is 29.7. The van der Waals surface area contributed by atoms with Crippen molar-refractivity contribution in [3.8, 4) is 0 Å². The van der Waals surface area contributed by atoms with E-state index in [0.717, 1.165) is 115 Å². The van der Waals surface area contributed by atoms with E-state index in [1.165, 1.54) is 38.0 Å². The lowest BCUT2D eigenvalue weighted by atomic mass is 9.83. The summed E-state index contributed by atoms with van der Waals surface area (Å²) in [5, 5.41) is 0. The predicted octanol–water partition coefficient (Wildman–Crippen LogP) is 9.80. The molecule has 3 saturated carbocycles. The van der Waals surface area contributed by atoms with Gasteiger partial charge in [-0.15, -0.1) is 0 Å². The maximum atomic E-state index is 12.4. The number of hydrogen-bond donors (Lipinski definition) is 3. The van der Waals surface area contributed by atoms with Crippen molar-refractivity contribution in [2.24, 2.45) is 0 Å². The van der Waals surface area contributed by atoms with Crippen LogP contribution in [-0.2, 0) is 58.5 Å². The van der Waals surface area contributed by atoms with Gasteiger partial charge in [-0.05, 0) is 150 Å². The second kappa shape index (κ2) is 34.3. The molecule has 21 nitrogen and oxygen atoms in total. The molecule has 3 aromatic rings. The summed E-state index contributed by atoms with van der Waals surface area (Å²) in [6.07, 6.45) is 18.7. The number of hydrogen-bond acceptors (Lipinski definition) is 15. The quantitative estimate of drug-likeness (QED) is 0.0839. The first-order chi connectivity index (χ1) is 43.0. The van der Waals surface area contributed by atoms with Gasteiger partial charge in [0.2, 0.25) is 30.1 Å². The number of nitrogens with one attached hydrogen (secondary N) is 3. The van der Waals surface area contributed by atoms with Gasteiger partial charge in [-0.1, -0.05) is 112 Å². The lowest BCUT2D eigenvalue weighted by molar-refractivity contribution is -0.00944. The molecule has 24 heteroatoms. The van der Waals surface area contributed by atoms with Crippen LogP contribution in [0.2, 0.25) is 0 Å². The van der Waals surface area contributed by atoms with Gasteiger partial charge in [0, 0.05) is 36.3 Å². The second-order valence-electron chi connectivity index (χ2n) is 25.4. The van der Waals surface area contributed by atoms with E-state index in [2.05, 4.69) is 87.0 Å². The molecule has 0 radical (unpaired) electrons. The van der Waals surface area contributed by atoms with E-state index in [1.54, 1.807) is 14.7 Å². The first kappa shape index (κ1) is 72.5. The van der Waals surface area contributed by atoms with Gasteiger partial charge in [0.05, 0.1) is 96.4 Å². The van der Waals surface area contributed by atoms with Crippen LogP contribution in [0.5, 0.6) is 0 Å². The van der Waals surface area contributed by atoms with Gasteiger partial charge in [0.15, 0.2) is 0 Å². The first-order valence-corrected chi connectivity index (χ1v) is 38.1. The molecule has 3 aliphatic heterocycles. The van der Waals surface area contributed by atoms with Crippen LogP contribution in [0.15, 0.2) is 91.0 Å². The van der Waals surface area contributed by atoms with Crippen molar-refractivity contribution in [2.75, 3.05) is 59.9 Å². The molecule has 3 saturated heterocycles. The van der Waals surface area contributed by atoms with Gasteiger partial charge in [-0.25, -0.2) is 53.8 Å². The van der Waals surface area contributed by atoms with Gasteiger partial charge < -0.3 is 28.4 Å². The number of sulfonamides is 3. The molecule has 9 rings (SSSR count). The fraction of sp³-hybridized carbons (Fsp3) is 0.682. The van der Waals surface area contributed by atoms with Crippen molar-refractivity contribution in [1.29, 1.82) is 0 Å². The molecule has 3 amide bonds. The SMILES string of the molecule is CC[C@@H]1C[C@H](NS(C)(=O)=O)[C@H](COC2CCC(c3ccccc3)CC2)N1C(=O)OC.CC[C@@H]1C[C@H](NS(C)(=O)=O)[C@H](COC2CCC(c3ccccc3)CC2)N1C(=O)OC.CC[C@H]1C[C@@H](NS(C)(=O)=O)[C@@H](COC2CCC(c3ccccc3)CC2)N1C(=O)OC. The van der Waals surface area contributed by atoms with Crippen LogP contribution in [-0.4, -0.2) is 191 Å². The topological polar surface area (TPSA) is 255 Å². The minimum Gasteiger partial charge on any atom is -0.453 e. The van der Waals surface area contributed by atoms with Crippen LogP contribution in [0, 0.1) is 0 Å². The zero-order valence-corrected chi connectivity index (χ0v) is 56.8. The monoisotopic (exact) mass is 1310 g/mol. The van der Waals surface area contributed by atoms with E-state index in [1.807, 2.05) is 39.0 Å². The molecule has 0 spiro atoms. The summed E-state index contributed by atoms with van der Waals surface area (Å²) in [6.45, 7) is 6.89. The second-order valence-corrected chi connectivity index (χ2v) is 30.7. The molecule has 3 N–H and O–H groups in total. The fourth-order valence-corrected chi connectivity index (χ4v) is 17.1. The average molecular weight is 1320 g/mol. The van der Waals surface area contributed by atoms with Crippen molar-refractivity contribution < 1.29 is 68.1 Å². The molecule has 3 aromatic carbocycles. The van der Waals surface area contributed by atoms with E-state index in [-0.39, 0.29) is 72.7 Å². The highest BCUT2D eigenvalue weighted by Gasteiger charge is 2.48. The van der Waals surface area contributed by atoms with E-state index < -0.39 is 48.3 Å². The van der Waals surface area contributed by atoms with E-state index in [4.69, 9.17) is 28.4 Å². The molecule has 90 heavy (non-hydrogen) atoms. The molecular formula is C66H102N6O15S3. The van der Waals surface area contributed by atoms with Gasteiger partial charge in [0.25, 0.3) is 0 Å². The Kier molecular flexibility index (Phi) is 27.6. The van der Waals surface area contributed by atoms with Crippen LogP contribution < -0.4 is 14.2 Å². The van der Waals surface area contributed by atoms with E-state index >= 15 is 0 Å². The Morgan fingerprint density at radius 1 is 0.389 bits per heavy atom. The number of ether oxygens (including phenoxy) is 6. The van der Waals surface area contributed by atoms with Crippen LogP contribution >= 0.6 is 0 Å². The van der Waals surface area contributed by atoms with E-state index in [0.29, 0.717) is 56.8 Å². The summed E-state index contributed by atoms with van der Waals surface area (Å²) >= 11 is 0. The number of carbonyl (C=O) groups excluding carboxylic acids is 3. The Labute approximate surface area is 536 Å². The van der Waals surface area contributed by atoms with Crippen molar-refractivity contribution in [3.63, 3.8) is 0 Å². The Bertz CT molecular complexity index is 2700. The van der Waals surface area contributed by atoms with Crippen molar-refractivity contribution >= 4 is 48.3 Å². The third kappa shape index (κ3) is 21.0. The Morgan fingerprint density at radius 3 is 0.800 bits per heavy atom. The average Bonchev–Trinajstić information content (AvgIpc) is 2.02. The maximum absolute atomic E-state index is 12.4. The lowest BCUT2D eigenvalue weighted by Gasteiger charge is -2.33. The summed E-state index contributed by atoms with van der Waals surface area (Å²) in [6, 6.07) is 29.3. The van der Waals surface area contributed by atoms with Crippen LogP contribution in [0.3, 0.4) is 0 Å². The van der Waals surface area contributed by atoms with E-state index in [9.17, 15) is 39.6 Å². The number of amides is 3. The Hall–Kier alpha value is -4.92. The lowest BCUT2D eigenvalue weighted by Crippen LogP contribution is -2.50. The smallest absolute Gasteiger partial charge is 0.410 e. The summed E-state index contributed by atoms with van der Waals surface area (Å²) in [4.78, 5) is 42.3. The highest BCUT2D eigenvalue weighted by atomic mass is 32.2. The molecule has 0 aromatic heterocycles. The zero-order valence-electron chi connectivity index (χ0n) is 54.4. The van der Waals surface area contributed by atoms with Gasteiger partial charge in [-0.3, -0.25) is 14.7 Å². The fourth-order valence-electron chi connectivity index (χ4n) is 14.7. The highest BCUT2D eigenvalue weighted by Crippen LogP contribution is 2.39. The number of likely N-dealkylation sites (tertiary alicyclic amines) is 3. The highest BCUT2D eigenvalue weighted by molar-refractivity contribution is 7.89. The number of carbonyl (C=O) groups is 3. The van der Waals surface area contributed by atoms with Crippen molar-refractivity contribution in [1.82, 2.24) is 28.9 Å². The Morgan fingerprint density at radius 2 is 0.611 bits per heavy atom. The number of benzene rings is 3. The first-order valence-electron chi connectivity index (χ1n) is 32.5. The zero-order chi connectivity index (χ0) is 65.2. The maximum Gasteiger partial charge on any atom is 0.410 e. The summed E-state index contributed by atoms with van der Waals surface area (Å²) in [5.74, 6) is 1.69. The Balaban J connectivity index is 0.000000192. The van der Waals surface area contributed by atoms with Crippen LogP contribution in [0.4, 0.5) is 14.4 Å². The molecular weight excluding hydrogens is 1210 g/mol. The van der Waals surface area contributed by atoms with Gasteiger partial charge in [-0.2, -0.15) is 0 Å². The van der Waals surface area contributed by atoms with Gasteiger partial charge >= 0.3 is 18.3 Å². The number of rotatable bonds is 21. The number of methoxy groups -OCH3 is 3.